The molecule has 0 aliphatic carbocycles. The maximum atomic E-state index is 12.1. The Kier molecular flexibility index (Phi) is 4.95. The first-order chi connectivity index (χ1) is 8.34. The first-order valence-corrected chi connectivity index (χ1v) is 6.33. The molecule has 0 bridgehead atoms. The molecule has 0 radical (unpaired) electrons. The Labute approximate surface area is 108 Å². The third kappa shape index (κ3) is 3.35. The third-order valence-corrected chi connectivity index (χ3v) is 3.57. The molecule has 1 unspecified atom stereocenters. The van der Waals surface area contributed by atoms with Gasteiger partial charge in [0.15, 0.2) is 0 Å². The lowest BCUT2D eigenvalue weighted by molar-refractivity contribution is -0.143. The average molecular weight is 257 g/mol. The van der Waals surface area contributed by atoms with E-state index in [1.54, 1.807) is 23.8 Å². The summed E-state index contributed by atoms with van der Waals surface area (Å²) in [4.78, 5) is 28.3. The van der Waals surface area contributed by atoms with Crippen molar-refractivity contribution in [2.24, 2.45) is 0 Å². The van der Waals surface area contributed by atoms with Gasteiger partial charge in [0, 0.05) is 39.3 Å². The van der Waals surface area contributed by atoms with Gasteiger partial charge in [-0.05, 0) is 20.8 Å². The number of urea groups is 1. The van der Waals surface area contributed by atoms with Crippen LogP contribution in [0.15, 0.2) is 0 Å². The van der Waals surface area contributed by atoms with Gasteiger partial charge in [0.1, 0.15) is 6.04 Å². The number of nitrogens with zero attached hydrogens (tertiary/aromatic N) is 3. The normalized spacial score (nSPS) is 18.8. The van der Waals surface area contributed by atoms with Crippen LogP contribution in [0.4, 0.5) is 4.79 Å². The molecule has 1 aliphatic heterocycles. The summed E-state index contributed by atoms with van der Waals surface area (Å²) in [6.07, 6.45) is 0. The van der Waals surface area contributed by atoms with Gasteiger partial charge in [-0.25, -0.2) is 4.79 Å². The lowest BCUT2D eigenvalue weighted by atomic mass is 10.2. The van der Waals surface area contributed by atoms with Crippen LogP contribution in [-0.4, -0.2) is 77.1 Å². The molecule has 1 saturated heterocycles. The van der Waals surface area contributed by atoms with E-state index in [1.807, 2.05) is 18.7 Å². The molecule has 1 aliphatic rings. The van der Waals surface area contributed by atoms with Gasteiger partial charge in [-0.1, -0.05) is 0 Å². The lowest BCUT2D eigenvalue weighted by Crippen LogP contribution is -2.55. The van der Waals surface area contributed by atoms with Crippen LogP contribution in [0.5, 0.6) is 0 Å². The van der Waals surface area contributed by atoms with E-state index in [-0.39, 0.29) is 12.1 Å². The smallest absolute Gasteiger partial charge is 0.320 e. The van der Waals surface area contributed by atoms with E-state index in [4.69, 9.17) is 5.11 Å². The summed E-state index contributed by atoms with van der Waals surface area (Å²) < 4.78 is 0. The minimum absolute atomic E-state index is 0.0210. The maximum absolute atomic E-state index is 12.1. The molecule has 1 N–H and O–H groups in total. The number of carboxylic acids is 1. The zero-order valence-corrected chi connectivity index (χ0v) is 11.6. The number of rotatable bonds is 3. The lowest BCUT2D eigenvalue weighted by Gasteiger charge is -2.38. The van der Waals surface area contributed by atoms with Crippen molar-refractivity contribution in [1.82, 2.24) is 14.7 Å². The number of hydrogen-bond acceptors (Lipinski definition) is 3. The quantitative estimate of drug-likeness (QED) is 0.801. The van der Waals surface area contributed by atoms with Crippen LogP contribution in [0.1, 0.15) is 20.8 Å². The summed E-state index contributed by atoms with van der Waals surface area (Å²) in [5.74, 6) is -0.811. The molecule has 1 heterocycles. The van der Waals surface area contributed by atoms with Gasteiger partial charge in [-0.2, -0.15) is 0 Å². The van der Waals surface area contributed by atoms with Gasteiger partial charge in [-0.3, -0.25) is 9.69 Å². The molecule has 18 heavy (non-hydrogen) atoms. The fourth-order valence-corrected chi connectivity index (χ4v) is 1.90. The van der Waals surface area contributed by atoms with Crippen molar-refractivity contribution in [2.75, 3.05) is 33.2 Å². The van der Waals surface area contributed by atoms with E-state index in [2.05, 4.69) is 0 Å². The molecule has 6 nitrogen and oxygen atoms in total. The largest absolute Gasteiger partial charge is 0.480 e. The Morgan fingerprint density at radius 1 is 1.11 bits per heavy atom. The van der Waals surface area contributed by atoms with Gasteiger partial charge in [0.2, 0.25) is 0 Å². The first-order valence-electron chi connectivity index (χ1n) is 6.33. The Morgan fingerprint density at radius 2 is 1.61 bits per heavy atom. The molecule has 0 aromatic carbocycles. The molecule has 1 atom stereocenters. The number of carbonyl (C=O) groups is 2. The Morgan fingerprint density at radius 3 is 2.00 bits per heavy atom. The van der Waals surface area contributed by atoms with Crippen molar-refractivity contribution in [2.45, 2.75) is 32.9 Å². The van der Waals surface area contributed by atoms with Crippen LogP contribution in [-0.2, 0) is 4.79 Å². The fourth-order valence-electron chi connectivity index (χ4n) is 1.90. The van der Waals surface area contributed by atoms with Crippen LogP contribution in [0, 0.1) is 0 Å². The molecule has 1 fully saturated rings. The van der Waals surface area contributed by atoms with Crippen molar-refractivity contribution in [3.8, 4) is 0 Å². The third-order valence-electron chi connectivity index (χ3n) is 3.57. The van der Waals surface area contributed by atoms with Crippen molar-refractivity contribution >= 4 is 12.0 Å². The number of carboxylic acid groups (broad SMARTS) is 1. The number of carbonyl (C=O) groups excluding carboxylic acids is 1. The second-order valence-electron chi connectivity index (χ2n) is 5.02. The highest BCUT2D eigenvalue weighted by Crippen LogP contribution is 2.09. The molecule has 0 spiro atoms. The number of hydrogen-bond donors (Lipinski definition) is 1. The predicted octanol–water partition coefficient (Wildman–Crippen LogP) is 0.537. The molecule has 1 rings (SSSR count). The zero-order valence-electron chi connectivity index (χ0n) is 11.6. The van der Waals surface area contributed by atoms with E-state index in [9.17, 15) is 9.59 Å². The highest BCUT2D eigenvalue weighted by Gasteiger charge is 2.28. The van der Waals surface area contributed by atoms with Gasteiger partial charge < -0.3 is 14.9 Å². The van der Waals surface area contributed by atoms with E-state index < -0.39 is 12.0 Å². The summed E-state index contributed by atoms with van der Waals surface area (Å²) in [5, 5.41) is 8.94. The van der Waals surface area contributed by atoms with Crippen LogP contribution in [0.2, 0.25) is 0 Å². The van der Waals surface area contributed by atoms with E-state index >= 15 is 0 Å². The fraction of sp³-hybridized carbons (Fsp3) is 0.833. The topological polar surface area (TPSA) is 64.1 Å². The molecule has 0 aromatic heterocycles. The molecule has 0 saturated carbocycles. The summed E-state index contributed by atoms with van der Waals surface area (Å²) in [6, 6.07) is -0.286. The molecule has 0 aromatic rings. The average Bonchev–Trinajstić information content (AvgIpc) is 2.36. The summed E-state index contributed by atoms with van der Waals surface area (Å²) in [6.45, 7) is 8.04. The van der Waals surface area contributed by atoms with Crippen molar-refractivity contribution < 1.29 is 14.7 Å². The second-order valence-corrected chi connectivity index (χ2v) is 5.02. The van der Waals surface area contributed by atoms with Crippen molar-refractivity contribution in [3.63, 3.8) is 0 Å². The van der Waals surface area contributed by atoms with E-state index in [0.717, 1.165) is 0 Å². The minimum Gasteiger partial charge on any atom is -0.480 e. The van der Waals surface area contributed by atoms with Gasteiger partial charge in [0.25, 0.3) is 0 Å². The van der Waals surface area contributed by atoms with Crippen molar-refractivity contribution in [1.29, 1.82) is 0 Å². The standard InChI is InChI=1S/C12H23N3O3/c1-9(2)13(4)12(18)15-7-5-14(6-8-15)10(3)11(16)17/h9-10H,5-8H2,1-4H3,(H,16,17). The predicted molar refractivity (Wildman–Crippen MR) is 68.5 cm³/mol. The molecule has 6 heteroatoms. The highest BCUT2D eigenvalue weighted by atomic mass is 16.4. The zero-order chi connectivity index (χ0) is 13.9. The Bertz CT molecular complexity index is 312. The summed E-state index contributed by atoms with van der Waals surface area (Å²) in [5.41, 5.74) is 0. The first kappa shape index (κ1) is 14.8. The number of aliphatic carboxylic acids is 1. The van der Waals surface area contributed by atoms with Crippen LogP contribution in [0.3, 0.4) is 0 Å². The Balaban J connectivity index is 2.49. The molecule has 2 amide bonds. The van der Waals surface area contributed by atoms with Gasteiger partial charge in [0.05, 0.1) is 0 Å². The maximum Gasteiger partial charge on any atom is 0.320 e. The van der Waals surface area contributed by atoms with Gasteiger partial charge >= 0.3 is 12.0 Å². The SMILES string of the molecule is CC(C(=O)O)N1CCN(C(=O)N(C)C(C)C)CC1. The highest BCUT2D eigenvalue weighted by molar-refractivity contribution is 5.75. The molecular formula is C12H23N3O3. The van der Waals surface area contributed by atoms with Crippen LogP contribution in [0.25, 0.3) is 0 Å². The summed E-state index contributed by atoms with van der Waals surface area (Å²) in [7, 11) is 1.79. The van der Waals surface area contributed by atoms with Crippen LogP contribution >= 0.6 is 0 Å². The van der Waals surface area contributed by atoms with Gasteiger partial charge in [-0.15, -0.1) is 0 Å². The van der Waals surface area contributed by atoms with E-state index in [1.165, 1.54) is 0 Å². The van der Waals surface area contributed by atoms with E-state index in [0.29, 0.717) is 26.2 Å². The van der Waals surface area contributed by atoms with Crippen LogP contribution < -0.4 is 0 Å². The van der Waals surface area contributed by atoms with Crippen molar-refractivity contribution in [3.05, 3.63) is 0 Å². The second kappa shape index (κ2) is 6.04. The minimum atomic E-state index is -0.811. The number of piperazine rings is 1. The molecule has 104 valence electrons. The Hall–Kier alpha value is -1.30. The summed E-state index contributed by atoms with van der Waals surface area (Å²) >= 11 is 0. The number of amides is 2. The monoisotopic (exact) mass is 257 g/mol. The molecular weight excluding hydrogens is 234 g/mol.